The molecule has 2 unspecified atom stereocenters. The maximum atomic E-state index is 5.24. The van der Waals surface area contributed by atoms with Crippen LogP contribution in [0.5, 0.6) is 0 Å². The van der Waals surface area contributed by atoms with E-state index in [4.69, 9.17) is 4.98 Å². The van der Waals surface area contributed by atoms with Crippen molar-refractivity contribution in [3.63, 3.8) is 0 Å². The lowest BCUT2D eigenvalue weighted by Gasteiger charge is -2.28. The lowest BCUT2D eigenvalue weighted by Crippen LogP contribution is -2.28. The molecule has 1 aliphatic heterocycles. The molecule has 10 rings (SSSR count). The molecule has 2 aromatic heterocycles. The number of hydrogen-bond donors (Lipinski definition) is 0. The summed E-state index contributed by atoms with van der Waals surface area (Å²) < 4.78 is 2.33. The van der Waals surface area contributed by atoms with Gasteiger partial charge in [-0.1, -0.05) is 121 Å². The van der Waals surface area contributed by atoms with Crippen LogP contribution in [-0.2, 0) is 0 Å². The van der Waals surface area contributed by atoms with E-state index in [2.05, 4.69) is 185 Å². The van der Waals surface area contributed by atoms with E-state index in [9.17, 15) is 0 Å². The molecule has 48 heavy (non-hydrogen) atoms. The van der Waals surface area contributed by atoms with Gasteiger partial charge in [-0.15, -0.1) is 0 Å². The summed E-state index contributed by atoms with van der Waals surface area (Å²) in [4.78, 5) is 7.73. The molecular weight excluding hydrogens is 583 g/mol. The Morgan fingerprint density at radius 2 is 1.19 bits per heavy atom. The first-order valence-corrected chi connectivity index (χ1v) is 16.6. The van der Waals surface area contributed by atoms with E-state index in [1.54, 1.807) is 0 Å². The Balaban J connectivity index is 1.14. The molecule has 0 bridgehead atoms. The predicted molar refractivity (Wildman–Crippen MR) is 200 cm³/mol. The minimum absolute atomic E-state index is 0.276. The Labute approximate surface area is 279 Å². The molecule has 8 aromatic rings. The molecule has 6 aromatic carbocycles. The lowest BCUT2D eigenvalue weighted by atomic mass is 9.89. The van der Waals surface area contributed by atoms with Crippen molar-refractivity contribution in [2.75, 3.05) is 4.90 Å². The molecule has 0 radical (unpaired) electrons. The average Bonchev–Trinajstić information content (AvgIpc) is 3.67. The standard InChI is InChI=1S/C45H31N3/c1-3-13-30(14-4-1)37-29-45(46-40-20-10-7-17-34(37)40)48-42-22-12-9-19-36(42)39-28-32(24-26-44(39)48)31-23-25-43-38(27-31)35-18-8-11-21-41(35)47(43)33-15-5-2-6-16-33/h1-29,35,41H. The number of anilines is 2. The van der Waals surface area contributed by atoms with Crippen LogP contribution >= 0.6 is 0 Å². The maximum Gasteiger partial charge on any atom is 0.138 e. The molecule has 3 heteroatoms. The van der Waals surface area contributed by atoms with Gasteiger partial charge in [0.25, 0.3) is 0 Å². The number of rotatable bonds is 4. The van der Waals surface area contributed by atoms with Gasteiger partial charge in [-0.05, 0) is 82.4 Å². The number of para-hydroxylation sites is 3. The number of aromatic nitrogens is 2. The van der Waals surface area contributed by atoms with E-state index in [1.165, 1.54) is 50.0 Å². The summed E-state index contributed by atoms with van der Waals surface area (Å²) in [5.74, 6) is 1.24. The van der Waals surface area contributed by atoms with Crippen molar-refractivity contribution in [2.24, 2.45) is 0 Å². The van der Waals surface area contributed by atoms with Crippen molar-refractivity contribution in [1.29, 1.82) is 0 Å². The van der Waals surface area contributed by atoms with E-state index in [1.807, 2.05) is 0 Å². The Morgan fingerprint density at radius 1 is 0.500 bits per heavy atom. The minimum atomic E-state index is 0.276. The largest absolute Gasteiger partial charge is 0.333 e. The van der Waals surface area contributed by atoms with Crippen LogP contribution in [0.2, 0.25) is 0 Å². The molecule has 2 atom stereocenters. The van der Waals surface area contributed by atoms with Crippen LogP contribution in [0.25, 0.3) is 60.8 Å². The fraction of sp³-hybridized carbons (Fsp3) is 0.0444. The molecule has 1 aliphatic carbocycles. The second kappa shape index (κ2) is 10.7. The molecule has 226 valence electrons. The van der Waals surface area contributed by atoms with Crippen LogP contribution in [0, 0.1) is 0 Å². The summed E-state index contributed by atoms with van der Waals surface area (Å²) in [5, 5.41) is 3.61. The summed E-state index contributed by atoms with van der Waals surface area (Å²) in [6.07, 6.45) is 9.06. The van der Waals surface area contributed by atoms with Crippen LogP contribution < -0.4 is 4.90 Å². The topological polar surface area (TPSA) is 21.1 Å². The van der Waals surface area contributed by atoms with Crippen LogP contribution in [0.3, 0.4) is 0 Å². The maximum absolute atomic E-state index is 5.24. The van der Waals surface area contributed by atoms with E-state index >= 15 is 0 Å². The van der Waals surface area contributed by atoms with Crippen LogP contribution in [0.1, 0.15) is 11.5 Å². The number of hydrogen-bond acceptors (Lipinski definition) is 2. The highest BCUT2D eigenvalue weighted by atomic mass is 15.2. The zero-order valence-corrected chi connectivity index (χ0v) is 26.2. The van der Waals surface area contributed by atoms with Crippen LogP contribution in [0.15, 0.2) is 176 Å². The second-order valence-electron chi connectivity index (χ2n) is 12.8. The summed E-state index contributed by atoms with van der Waals surface area (Å²) >= 11 is 0. The van der Waals surface area contributed by atoms with Crippen LogP contribution in [0.4, 0.5) is 11.4 Å². The Morgan fingerprint density at radius 3 is 2.06 bits per heavy atom. The van der Waals surface area contributed by atoms with Crippen molar-refractivity contribution in [3.05, 3.63) is 182 Å². The van der Waals surface area contributed by atoms with Gasteiger partial charge >= 0.3 is 0 Å². The normalized spacial score (nSPS) is 16.5. The third-order valence-corrected chi connectivity index (χ3v) is 10.1. The van der Waals surface area contributed by atoms with Gasteiger partial charge in [-0.25, -0.2) is 4.98 Å². The highest BCUT2D eigenvalue weighted by Crippen LogP contribution is 2.49. The van der Waals surface area contributed by atoms with Crippen molar-refractivity contribution in [1.82, 2.24) is 9.55 Å². The van der Waals surface area contributed by atoms with Gasteiger partial charge in [-0.2, -0.15) is 0 Å². The Bertz CT molecular complexity index is 2580. The molecular formula is C45H31N3. The first-order chi connectivity index (χ1) is 23.8. The zero-order chi connectivity index (χ0) is 31.6. The molecule has 2 aliphatic rings. The fourth-order valence-corrected chi connectivity index (χ4v) is 7.94. The molecule has 0 N–H and O–H groups in total. The van der Waals surface area contributed by atoms with Gasteiger partial charge in [0.15, 0.2) is 0 Å². The lowest BCUT2D eigenvalue weighted by molar-refractivity contribution is 0.745. The molecule has 0 saturated heterocycles. The quantitative estimate of drug-likeness (QED) is 0.197. The highest BCUT2D eigenvalue weighted by molar-refractivity contribution is 6.10. The number of nitrogens with zero attached hydrogens (tertiary/aromatic N) is 3. The van der Waals surface area contributed by atoms with Gasteiger partial charge in [0.1, 0.15) is 5.82 Å². The molecule has 0 amide bonds. The summed E-state index contributed by atoms with van der Waals surface area (Å²) in [6.45, 7) is 0. The predicted octanol–water partition coefficient (Wildman–Crippen LogP) is 11.4. The van der Waals surface area contributed by atoms with Gasteiger partial charge in [0, 0.05) is 33.5 Å². The Kier molecular flexibility index (Phi) is 6.00. The first-order valence-electron chi connectivity index (χ1n) is 16.6. The summed E-state index contributed by atoms with van der Waals surface area (Å²) in [7, 11) is 0. The third-order valence-electron chi connectivity index (χ3n) is 10.1. The third kappa shape index (κ3) is 4.11. The van der Waals surface area contributed by atoms with Crippen molar-refractivity contribution >= 4 is 44.1 Å². The van der Waals surface area contributed by atoms with Gasteiger partial charge < -0.3 is 4.90 Å². The zero-order valence-electron chi connectivity index (χ0n) is 26.2. The van der Waals surface area contributed by atoms with Crippen LogP contribution in [-0.4, -0.2) is 15.6 Å². The highest BCUT2D eigenvalue weighted by Gasteiger charge is 2.37. The van der Waals surface area contributed by atoms with Crippen molar-refractivity contribution in [2.45, 2.75) is 12.0 Å². The van der Waals surface area contributed by atoms with E-state index in [0.717, 1.165) is 27.8 Å². The van der Waals surface area contributed by atoms with Gasteiger partial charge in [0.2, 0.25) is 0 Å². The number of pyridine rings is 1. The van der Waals surface area contributed by atoms with E-state index < -0.39 is 0 Å². The van der Waals surface area contributed by atoms with Gasteiger partial charge in [-0.3, -0.25) is 4.57 Å². The monoisotopic (exact) mass is 613 g/mol. The van der Waals surface area contributed by atoms with E-state index in [0.29, 0.717) is 5.92 Å². The molecule has 0 spiro atoms. The smallest absolute Gasteiger partial charge is 0.138 e. The Hall–Kier alpha value is -6.19. The van der Waals surface area contributed by atoms with Crippen molar-refractivity contribution < 1.29 is 0 Å². The average molecular weight is 614 g/mol. The minimum Gasteiger partial charge on any atom is -0.333 e. The summed E-state index contributed by atoms with van der Waals surface area (Å²) in [5.41, 5.74) is 12.0. The molecule has 0 saturated carbocycles. The summed E-state index contributed by atoms with van der Waals surface area (Å²) in [6, 6.07) is 55.0. The van der Waals surface area contributed by atoms with E-state index in [-0.39, 0.29) is 6.04 Å². The SMILES string of the molecule is C1=CC2c3cc(-c4ccc5c(c4)c4ccccc4n5-c4cc(-c5ccccc5)c5ccccc5n4)ccc3N(c3ccccc3)C2C=C1. The number of fused-ring (bicyclic) bond motifs is 7. The first kappa shape index (κ1) is 27.0. The number of benzene rings is 6. The van der Waals surface area contributed by atoms with Gasteiger partial charge in [0.05, 0.1) is 22.6 Å². The second-order valence-corrected chi connectivity index (χ2v) is 12.8. The van der Waals surface area contributed by atoms with Crippen molar-refractivity contribution in [3.8, 4) is 28.1 Å². The molecule has 3 heterocycles. The fourth-order valence-electron chi connectivity index (χ4n) is 7.94. The molecule has 3 nitrogen and oxygen atoms in total. The molecule has 0 fully saturated rings. The number of allylic oxidation sites excluding steroid dienone is 2.